The number of aryl methyl sites for hydroxylation is 1. The van der Waals surface area contributed by atoms with Crippen LogP contribution < -0.4 is 9.80 Å². The van der Waals surface area contributed by atoms with E-state index in [2.05, 4.69) is 9.88 Å². The van der Waals surface area contributed by atoms with Crippen molar-refractivity contribution in [1.82, 2.24) is 4.98 Å². The molecule has 0 radical (unpaired) electrons. The third kappa shape index (κ3) is 5.57. The second-order valence-corrected chi connectivity index (χ2v) is 9.68. The van der Waals surface area contributed by atoms with Crippen LogP contribution in [0.3, 0.4) is 0 Å². The average Bonchev–Trinajstić information content (AvgIpc) is 2.81. The van der Waals surface area contributed by atoms with Crippen LogP contribution >= 0.6 is 11.6 Å². The largest absolute Gasteiger partial charge is 0.488 e. The molecule has 35 heavy (non-hydrogen) atoms. The normalized spacial score (nSPS) is 16.5. The molecule has 1 N–H and O–H groups in total. The number of allylic oxidation sites excluding steroid dienone is 4. The fraction of sp³-hybridized carbons (Fsp3) is 0.296. The zero-order valence-electron chi connectivity index (χ0n) is 20.1. The van der Waals surface area contributed by atoms with Crippen molar-refractivity contribution in [2.75, 3.05) is 22.9 Å². The summed E-state index contributed by atoms with van der Waals surface area (Å²) in [5.74, 6) is -0.555. The van der Waals surface area contributed by atoms with Gasteiger partial charge in [0.05, 0.1) is 17.2 Å². The fourth-order valence-corrected chi connectivity index (χ4v) is 4.16. The lowest BCUT2D eigenvalue weighted by atomic mass is 9.96. The summed E-state index contributed by atoms with van der Waals surface area (Å²) < 4.78 is 32.5. The van der Waals surface area contributed by atoms with Gasteiger partial charge in [-0.2, -0.15) is 0 Å². The molecule has 4 rings (SSSR count). The topological polar surface area (TPSA) is 48.8 Å². The second kappa shape index (κ2) is 9.84. The van der Waals surface area contributed by atoms with E-state index in [1.165, 1.54) is 6.07 Å². The molecule has 8 heteroatoms. The summed E-state index contributed by atoms with van der Waals surface area (Å²) in [5, 5.41) is 10.9. The van der Waals surface area contributed by atoms with Gasteiger partial charge >= 0.3 is 0 Å². The highest BCUT2D eigenvalue weighted by Crippen LogP contribution is 2.34. The highest BCUT2D eigenvalue weighted by atomic mass is 35.5. The van der Waals surface area contributed by atoms with E-state index >= 15 is 0 Å². The molecule has 0 spiro atoms. The first kappa shape index (κ1) is 24.9. The molecule has 3 heterocycles. The van der Waals surface area contributed by atoms with Crippen LogP contribution in [0, 0.1) is 18.6 Å². The first-order chi connectivity index (χ1) is 16.5. The molecule has 2 aromatic rings. The van der Waals surface area contributed by atoms with Crippen molar-refractivity contribution >= 4 is 23.1 Å². The van der Waals surface area contributed by atoms with Crippen molar-refractivity contribution in [2.45, 2.75) is 39.9 Å². The van der Waals surface area contributed by atoms with Crippen LogP contribution in [0.5, 0.6) is 0 Å². The smallest absolute Gasteiger partial charge is 0.159 e. The summed E-state index contributed by atoms with van der Waals surface area (Å²) in [7, 11) is 0. The third-order valence-corrected chi connectivity index (χ3v) is 6.35. The molecule has 2 aliphatic heterocycles. The molecule has 5 nitrogen and oxygen atoms in total. The molecule has 0 saturated carbocycles. The lowest BCUT2D eigenvalue weighted by molar-refractivity contribution is 0.118. The number of hydrogen-bond donors (Lipinski definition) is 1. The van der Waals surface area contributed by atoms with Crippen molar-refractivity contribution in [3.8, 4) is 0 Å². The highest BCUT2D eigenvalue weighted by Gasteiger charge is 2.25. The molecule has 2 aliphatic rings. The van der Waals surface area contributed by atoms with Crippen LogP contribution in [0.2, 0.25) is 0 Å². The first-order valence-corrected chi connectivity index (χ1v) is 11.7. The Morgan fingerprint density at radius 3 is 2.63 bits per heavy atom. The first-order valence-electron chi connectivity index (χ1n) is 11.3. The van der Waals surface area contributed by atoms with Crippen molar-refractivity contribution < 1.29 is 18.6 Å². The quantitative estimate of drug-likeness (QED) is 0.521. The van der Waals surface area contributed by atoms with Crippen LogP contribution in [0.25, 0.3) is 0 Å². The lowest BCUT2D eigenvalue weighted by Gasteiger charge is -2.33. The molecule has 0 fully saturated rings. The minimum atomic E-state index is -0.920. The summed E-state index contributed by atoms with van der Waals surface area (Å²) in [4.78, 5) is 8.67. The Bertz CT molecular complexity index is 1260. The maximum Gasteiger partial charge on any atom is 0.159 e. The van der Waals surface area contributed by atoms with Gasteiger partial charge in [0.1, 0.15) is 18.2 Å². The molecular weight excluding hydrogens is 472 g/mol. The van der Waals surface area contributed by atoms with E-state index in [0.717, 1.165) is 40.5 Å². The molecule has 0 aliphatic carbocycles. The number of ether oxygens (including phenoxy) is 1. The van der Waals surface area contributed by atoms with Crippen LogP contribution in [-0.2, 0) is 11.3 Å². The van der Waals surface area contributed by atoms with Crippen molar-refractivity contribution in [3.05, 3.63) is 99.7 Å². The third-order valence-electron chi connectivity index (χ3n) is 6.04. The number of benzene rings is 1. The molecule has 1 aromatic carbocycles. The van der Waals surface area contributed by atoms with Crippen molar-refractivity contribution in [3.63, 3.8) is 0 Å². The Balaban J connectivity index is 1.52. The van der Waals surface area contributed by atoms with Gasteiger partial charge in [0.2, 0.25) is 0 Å². The van der Waals surface area contributed by atoms with E-state index in [9.17, 15) is 13.9 Å². The summed E-state index contributed by atoms with van der Waals surface area (Å²) >= 11 is 6.59. The van der Waals surface area contributed by atoms with Crippen molar-refractivity contribution in [1.29, 1.82) is 0 Å². The van der Waals surface area contributed by atoms with E-state index in [1.54, 1.807) is 13.8 Å². The summed E-state index contributed by atoms with van der Waals surface area (Å²) in [5.41, 5.74) is 3.34. The molecule has 0 bridgehead atoms. The Kier molecular flexibility index (Phi) is 7.01. The van der Waals surface area contributed by atoms with Crippen LogP contribution in [0.4, 0.5) is 20.3 Å². The number of aromatic nitrogens is 1. The van der Waals surface area contributed by atoms with Crippen LogP contribution in [-0.4, -0.2) is 28.8 Å². The fourth-order valence-electron chi connectivity index (χ4n) is 3.93. The second-order valence-electron chi connectivity index (χ2n) is 9.23. The van der Waals surface area contributed by atoms with Gasteiger partial charge in [0.25, 0.3) is 0 Å². The predicted molar refractivity (Wildman–Crippen MR) is 135 cm³/mol. The molecule has 184 valence electrons. The minimum Gasteiger partial charge on any atom is -0.488 e. The zero-order chi connectivity index (χ0) is 25.3. The number of nitrogens with zero attached hydrogens (tertiary/aromatic N) is 3. The SMILES string of the molecule is CC1=CC(OCc2ccc(F)c(F)c2)=C(Cl)CN1c1cc(N2C=CC=C(C(C)(C)O)C2)ncc1C. The Morgan fingerprint density at radius 2 is 1.91 bits per heavy atom. The molecule has 0 unspecified atom stereocenters. The van der Waals surface area contributed by atoms with E-state index in [0.29, 0.717) is 29.4 Å². The number of halogens is 3. The number of hydrogen-bond acceptors (Lipinski definition) is 5. The Morgan fingerprint density at radius 1 is 1.14 bits per heavy atom. The minimum absolute atomic E-state index is 0.0727. The Hall–Kier alpha value is -3.16. The van der Waals surface area contributed by atoms with E-state index < -0.39 is 17.2 Å². The van der Waals surface area contributed by atoms with Gasteiger partial charge in [-0.25, -0.2) is 13.8 Å². The van der Waals surface area contributed by atoms with Crippen LogP contribution in [0.15, 0.2) is 77.0 Å². The standard InChI is InChI=1S/C27H28ClF2N3O2/c1-17-13-31-26(32-9-5-6-20(14-32)27(3,4)34)12-24(17)33-15-21(28)25(10-18(33)2)35-16-19-7-8-22(29)23(30)11-19/h5-13,34H,14-16H2,1-4H3. The van der Waals surface area contributed by atoms with E-state index in [-0.39, 0.29) is 6.61 Å². The van der Waals surface area contributed by atoms with Gasteiger partial charge < -0.3 is 19.6 Å². The average molecular weight is 500 g/mol. The van der Waals surface area contributed by atoms with Crippen LogP contribution in [0.1, 0.15) is 31.9 Å². The molecule has 1 aromatic heterocycles. The monoisotopic (exact) mass is 499 g/mol. The van der Waals surface area contributed by atoms with Gasteiger partial charge in [0, 0.05) is 42.5 Å². The summed E-state index contributed by atoms with van der Waals surface area (Å²) in [6, 6.07) is 5.68. The highest BCUT2D eigenvalue weighted by molar-refractivity contribution is 6.30. The van der Waals surface area contributed by atoms with E-state index in [1.807, 2.05) is 55.4 Å². The molecule has 0 atom stereocenters. The van der Waals surface area contributed by atoms with Gasteiger partial charge in [-0.3, -0.25) is 0 Å². The lowest BCUT2D eigenvalue weighted by Crippen LogP contribution is -2.33. The number of aliphatic hydroxyl groups is 1. The van der Waals surface area contributed by atoms with Crippen molar-refractivity contribution in [2.24, 2.45) is 0 Å². The summed E-state index contributed by atoms with van der Waals surface area (Å²) in [6.45, 7) is 8.49. The Labute approximate surface area is 209 Å². The van der Waals surface area contributed by atoms with Gasteiger partial charge in [-0.15, -0.1) is 0 Å². The summed E-state index contributed by atoms with van der Waals surface area (Å²) in [6.07, 6.45) is 9.42. The molecule has 0 saturated heterocycles. The maximum absolute atomic E-state index is 13.5. The number of rotatable bonds is 6. The van der Waals surface area contributed by atoms with Gasteiger partial charge in [0.15, 0.2) is 11.6 Å². The number of pyridine rings is 1. The van der Waals surface area contributed by atoms with E-state index in [4.69, 9.17) is 16.3 Å². The predicted octanol–water partition coefficient (Wildman–Crippen LogP) is 6.09. The number of anilines is 2. The zero-order valence-corrected chi connectivity index (χ0v) is 20.9. The molecular formula is C27H28ClF2N3O2. The van der Waals surface area contributed by atoms with Gasteiger partial charge in [-0.1, -0.05) is 23.7 Å². The van der Waals surface area contributed by atoms with Gasteiger partial charge in [-0.05, 0) is 62.6 Å². The molecule has 0 amide bonds. The maximum atomic E-state index is 13.5.